The molecule has 0 spiro atoms. The number of halogens is 3. The topological polar surface area (TPSA) is 0 Å². The Labute approximate surface area is 89.3 Å². The van der Waals surface area contributed by atoms with E-state index in [4.69, 9.17) is 34.8 Å². The standard InChI is InChI=1S/C6H2Cl3.Zr/c7-4-2-1-3-5(8)6(4)9;/h1-2H;. The van der Waals surface area contributed by atoms with Crippen molar-refractivity contribution in [2.75, 3.05) is 0 Å². The van der Waals surface area contributed by atoms with Gasteiger partial charge in [0, 0.05) is 0 Å². The Hall–Kier alpha value is 0.973. The molecule has 0 aliphatic carbocycles. The van der Waals surface area contributed by atoms with E-state index in [0.29, 0.717) is 15.1 Å². The summed E-state index contributed by atoms with van der Waals surface area (Å²) in [5, 5.41) is 1.54. The zero-order valence-electron chi connectivity index (χ0n) is 4.79. The molecule has 0 amide bonds. The summed E-state index contributed by atoms with van der Waals surface area (Å²) in [5.41, 5.74) is 0. The number of rotatable bonds is 0. The fraction of sp³-hybridized carbons (Fsp3) is 0. The molecule has 0 unspecified atom stereocenters. The number of hydrogen-bond donors (Lipinski definition) is 0. The van der Waals surface area contributed by atoms with Gasteiger partial charge in [0.2, 0.25) is 0 Å². The number of benzene rings is 1. The molecular weight excluding hydrogens is 270 g/mol. The van der Waals surface area contributed by atoms with Crippen molar-refractivity contribution in [3.8, 4) is 0 Å². The van der Waals surface area contributed by atoms with Gasteiger partial charge in [0.05, 0.1) is 0 Å². The Morgan fingerprint density at radius 1 is 1.00 bits per heavy atom. The van der Waals surface area contributed by atoms with Crippen LogP contribution in [0.2, 0.25) is 15.1 Å². The average molecular weight is 272 g/mol. The fourth-order valence-electron chi connectivity index (χ4n) is 0.526. The molecule has 0 heterocycles. The van der Waals surface area contributed by atoms with Crippen LogP contribution in [0.1, 0.15) is 0 Å². The minimum absolute atomic E-state index is 0.456. The van der Waals surface area contributed by atoms with Crippen molar-refractivity contribution >= 4 is 38.1 Å². The van der Waals surface area contributed by atoms with Gasteiger partial charge in [-0.15, -0.1) is 0 Å². The van der Waals surface area contributed by atoms with Gasteiger partial charge in [0.15, 0.2) is 0 Å². The van der Waals surface area contributed by atoms with Crippen molar-refractivity contribution in [1.82, 2.24) is 0 Å². The van der Waals surface area contributed by atoms with E-state index in [0.717, 1.165) is 3.27 Å². The molecule has 0 atom stereocenters. The zero-order valence-corrected chi connectivity index (χ0v) is 9.51. The number of hydrogen-bond acceptors (Lipinski definition) is 0. The van der Waals surface area contributed by atoms with E-state index in [9.17, 15) is 0 Å². The maximum absolute atomic E-state index is 5.79. The molecule has 1 aromatic rings. The summed E-state index contributed by atoms with van der Waals surface area (Å²) in [7, 11) is 0. The van der Waals surface area contributed by atoms with Gasteiger partial charge in [-0.3, -0.25) is 0 Å². The Bertz CT molecular complexity index is 232. The molecule has 0 aliphatic rings. The Morgan fingerprint density at radius 2 is 1.60 bits per heavy atom. The van der Waals surface area contributed by atoms with Crippen LogP contribution in [0.25, 0.3) is 0 Å². The van der Waals surface area contributed by atoms with E-state index in [2.05, 4.69) is 0 Å². The van der Waals surface area contributed by atoms with Crippen molar-refractivity contribution in [3.05, 3.63) is 27.2 Å². The Kier molecular flexibility index (Phi) is 3.25. The summed E-state index contributed by atoms with van der Waals surface area (Å²) in [4.78, 5) is 0. The molecule has 0 saturated carbocycles. The van der Waals surface area contributed by atoms with E-state index < -0.39 is 0 Å². The summed E-state index contributed by atoms with van der Waals surface area (Å²) in [6.45, 7) is 0. The van der Waals surface area contributed by atoms with Crippen LogP contribution in [0.5, 0.6) is 0 Å². The first-order chi connectivity index (χ1) is 4.63. The quantitative estimate of drug-likeness (QED) is 0.637. The van der Waals surface area contributed by atoms with Crippen LogP contribution in [-0.4, -0.2) is 0 Å². The van der Waals surface area contributed by atoms with Gasteiger partial charge in [-0.05, 0) is 0 Å². The van der Waals surface area contributed by atoms with Crippen molar-refractivity contribution in [2.45, 2.75) is 0 Å². The summed E-state index contributed by atoms with van der Waals surface area (Å²) < 4.78 is 1.03. The fourth-order valence-corrected chi connectivity index (χ4v) is 1.77. The molecule has 0 radical (unpaired) electrons. The van der Waals surface area contributed by atoms with E-state index in [1.807, 2.05) is 6.07 Å². The van der Waals surface area contributed by atoms with Gasteiger partial charge in [-0.2, -0.15) is 0 Å². The molecule has 0 bridgehead atoms. The molecule has 10 heavy (non-hydrogen) atoms. The summed E-state index contributed by atoms with van der Waals surface area (Å²) in [6, 6.07) is 3.62. The Morgan fingerprint density at radius 3 is 2.10 bits per heavy atom. The van der Waals surface area contributed by atoms with Crippen LogP contribution in [0.15, 0.2) is 12.1 Å². The van der Waals surface area contributed by atoms with Crippen LogP contribution >= 0.6 is 34.8 Å². The van der Waals surface area contributed by atoms with Gasteiger partial charge in [0.1, 0.15) is 0 Å². The van der Waals surface area contributed by atoms with Crippen LogP contribution in [0.4, 0.5) is 0 Å². The normalized spacial score (nSPS) is 9.80. The average Bonchev–Trinajstić information content (AvgIpc) is 1.93. The van der Waals surface area contributed by atoms with Crippen LogP contribution < -0.4 is 3.27 Å². The predicted molar refractivity (Wildman–Crippen MR) is 41.1 cm³/mol. The van der Waals surface area contributed by atoms with E-state index in [1.165, 1.54) is 24.7 Å². The predicted octanol–water partition coefficient (Wildman–Crippen LogP) is 2.82. The molecule has 0 aliphatic heterocycles. The maximum atomic E-state index is 5.79. The first kappa shape index (κ1) is 9.06. The minimum atomic E-state index is 0.456. The SMILES string of the molecule is Clc1cc[c]([Zr])c(Cl)c1Cl. The summed E-state index contributed by atoms with van der Waals surface area (Å²) in [5.74, 6) is 0. The molecule has 4 heteroatoms. The molecule has 0 fully saturated rings. The second-order valence-electron chi connectivity index (χ2n) is 1.72. The summed E-state index contributed by atoms with van der Waals surface area (Å²) in [6.07, 6.45) is 0. The molecule has 0 saturated heterocycles. The first-order valence-corrected chi connectivity index (χ1v) is 4.84. The molecule has 1 rings (SSSR count). The third kappa shape index (κ3) is 1.77. The van der Waals surface area contributed by atoms with Crippen LogP contribution in [0, 0.1) is 0 Å². The third-order valence-electron chi connectivity index (χ3n) is 1.04. The Balaban J connectivity index is 3.34. The molecule has 1 aromatic carbocycles. The zero-order chi connectivity index (χ0) is 7.72. The monoisotopic (exact) mass is 269 g/mol. The molecular formula is C6H2Cl3Zr. The van der Waals surface area contributed by atoms with Gasteiger partial charge >= 0.3 is 90.0 Å². The molecule has 0 aromatic heterocycles. The van der Waals surface area contributed by atoms with E-state index in [-0.39, 0.29) is 0 Å². The van der Waals surface area contributed by atoms with E-state index >= 15 is 0 Å². The van der Waals surface area contributed by atoms with Crippen molar-refractivity contribution < 1.29 is 24.7 Å². The van der Waals surface area contributed by atoms with Gasteiger partial charge < -0.3 is 0 Å². The first-order valence-electron chi connectivity index (χ1n) is 2.48. The molecule has 0 N–H and O–H groups in total. The van der Waals surface area contributed by atoms with Gasteiger partial charge in [-0.1, -0.05) is 0 Å². The third-order valence-corrected chi connectivity index (χ3v) is 3.74. The molecule has 51 valence electrons. The second-order valence-corrected chi connectivity index (χ2v) is 4.21. The van der Waals surface area contributed by atoms with Crippen molar-refractivity contribution in [1.29, 1.82) is 0 Å². The van der Waals surface area contributed by atoms with E-state index in [1.54, 1.807) is 6.07 Å². The van der Waals surface area contributed by atoms with Crippen LogP contribution in [-0.2, 0) is 24.7 Å². The summed E-state index contributed by atoms with van der Waals surface area (Å²) >= 11 is 18.4. The van der Waals surface area contributed by atoms with Crippen molar-refractivity contribution in [2.24, 2.45) is 0 Å². The second kappa shape index (κ2) is 3.58. The van der Waals surface area contributed by atoms with Crippen LogP contribution in [0.3, 0.4) is 0 Å². The molecule has 0 nitrogen and oxygen atoms in total. The van der Waals surface area contributed by atoms with Gasteiger partial charge in [-0.25, -0.2) is 0 Å². The van der Waals surface area contributed by atoms with Gasteiger partial charge in [0.25, 0.3) is 0 Å². The van der Waals surface area contributed by atoms with Crippen molar-refractivity contribution in [3.63, 3.8) is 0 Å².